The average Bonchev–Trinajstić information content (AvgIpc) is 2.99. The van der Waals surface area contributed by atoms with Crippen molar-refractivity contribution in [2.24, 2.45) is 7.05 Å². The van der Waals surface area contributed by atoms with Gasteiger partial charge in [0.05, 0.1) is 18.4 Å². The van der Waals surface area contributed by atoms with E-state index in [0.29, 0.717) is 13.2 Å². The number of carbonyl (C=O) groups excluding carboxylic acids is 1. The van der Waals surface area contributed by atoms with Gasteiger partial charge in [0.2, 0.25) is 0 Å². The van der Waals surface area contributed by atoms with E-state index in [-0.39, 0.29) is 12.0 Å². The summed E-state index contributed by atoms with van der Waals surface area (Å²) >= 11 is 0. The van der Waals surface area contributed by atoms with Gasteiger partial charge in [-0.3, -0.25) is 9.78 Å². The van der Waals surface area contributed by atoms with Crippen LogP contribution in [0.2, 0.25) is 0 Å². The Balaban J connectivity index is 1.57. The first-order valence-electron chi connectivity index (χ1n) is 7.66. The monoisotopic (exact) mass is 299 g/mol. The number of piperidine rings is 1. The van der Waals surface area contributed by atoms with Gasteiger partial charge < -0.3 is 14.2 Å². The topological polar surface area (TPSA) is 47.4 Å². The van der Waals surface area contributed by atoms with Crippen LogP contribution in [-0.4, -0.2) is 39.6 Å². The zero-order chi connectivity index (χ0) is 15.4. The first-order valence-corrected chi connectivity index (χ1v) is 7.66. The third kappa shape index (κ3) is 3.36. The lowest BCUT2D eigenvalue weighted by Crippen LogP contribution is -2.43. The molecule has 0 aliphatic carbocycles. The molecule has 1 fully saturated rings. The van der Waals surface area contributed by atoms with Gasteiger partial charge >= 0.3 is 0 Å². The van der Waals surface area contributed by atoms with Gasteiger partial charge in [0.15, 0.2) is 0 Å². The number of pyridine rings is 1. The quantitative estimate of drug-likeness (QED) is 0.870. The van der Waals surface area contributed by atoms with E-state index in [0.717, 1.165) is 30.8 Å². The number of aryl methyl sites for hydroxylation is 1. The summed E-state index contributed by atoms with van der Waals surface area (Å²) in [4.78, 5) is 18.7. The van der Waals surface area contributed by atoms with Crippen molar-refractivity contribution in [1.29, 1.82) is 0 Å². The third-order valence-corrected chi connectivity index (χ3v) is 4.02. The normalized spacial score (nSPS) is 18.4. The maximum absolute atomic E-state index is 12.5. The SMILES string of the molecule is Cn1cccc1C(=O)N1CCCC(OCc2ccccn2)C1. The van der Waals surface area contributed by atoms with Crippen LogP contribution in [0, 0.1) is 0 Å². The van der Waals surface area contributed by atoms with E-state index in [4.69, 9.17) is 4.74 Å². The van der Waals surface area contributed by atoms with E-state index < -0.39 is 0 Å². The number of amides is 1. The number of hydrogen-bond donors (Lipinski definition) is 0. The summed E-state index contributed by atoms with van der Waals surface area (Å²) in [5.74, 6) is 0.0821. The Morgan fingerprint density at radius 3 is 3.00 bits per heavy atom. The second kappa shape index (κ2) is 6.75. The summed E-state index contributed by atoms with van der Waals surface area (Å²) < 4.78 is 7.80. The maximum atomic E-state index is 12.5. The highest BCUT2D eigenvalue weighted by molar-refractivity contribution is 5.92. The van der Waals surface area contributed by atoms with Crippen molar-refractivity contribution >= 4 is 5.91 Å². The van der Waals surface area contributed by atoms with Crippen molar-refractivity contribution in [3.63, 3.8) is 0 Å². The Hall–Kier alpha value is -2.14. The molecule has 1 amide bonds. The molecule has 5 nitrogen and oxygen atoms in total. The molecule has 22 heavy (non-hydrogen) atoms. The molecule has 0 saturated carbocycles. The summed E-state index contributed by atoms with van der Waals surface area (Å²) in [5, 5.41) is 0. The van der Waals surface area contributed by atoms with Crippen LogP contribution in [0.3, 0.4) is 0 Å². The highest BCUT2D eigenvalue weighted by Gasteiger charge is 2.26. The molecule has 2 aromatic rings. The van der Waals surface area contributed by atoms with E-state index >= 15 is 0 Å². The molecule has 5 heteroatoms. The smallest absolute Gasteiger partial charge is 0.270 e. The lowest BCUT2D eigenvalue weighted by molar-refractivity contribution is -0.00810. The Kier molecular flexibility index (Phi) is 4.53. The van der Waals surface area contributed by atoms with Gasteiger partial charge in [-0.2, -0.15) is 0 Å². The van der Waals surface area contributed by atoms with Crippen LogP contribution < -0.4 is 0 Å². The van der Waals surface area contributed by atoms with Gasteiger partial charge in [0.25, 0.3) is 5.91 Å². The van der Waals surface area contributed by atoms with Crippen LogP contribution in [0.15, 0.2) is 42.7 Å². The van der Waals surface area contributed by atoms with Gasteiger partial charge in [-0.05, 0) is 37.1 Å². The molecule has 1 aliphatic rings. The van der Waals surface area contributed by atoms with E-state index in [1.807, 2.05) is 53.0 Å². The molecule has 1 saturated heterocycles. The molecule has 0 spiro atoms. The van der Waals surface area contributed by atoms with Crippen molar-refractivity contribution in [2.75, 3.05) is 13.1 Å². The van der Waals surface area contributed by atoms with Crippen molar-refractivity contribution in [3.05, 3.63) is 54.1 Å². The number of hydrogen-bond acceptors (Lipinski definition) is 3. The van der Waals surface area contributed by atoms with E-state index in [1.54, 1.807) is 6.20 Å². The minimum absolute atomic E-state index is 0.0821. The molecule has 0 N–H and O–H groups in total. The van der Waals surface area contributed by atoms with Gasteiger partial charge in [0.1, 0.15) is 5.69 Å². The fourth-order valence-electron chi connectivity index (χ4n) is 2.79. The highest BCUT2D eigenvalue weighted by Crippen LogP contribution is 2.17. The van der Waals surface area contributed by atoms with E-state index in [1.165, 1.54) is 0 Å². The number of carbonyl (C=O) groups is 1. The van der Waals surface area contributed by atoms with Crippen LogP contribution in [0.4, 0.5) is 0 Å². The Labute approximate surface area is 130 Å². The molecular weight excluding hydrogens is 278 g/mol. The van der Waals surface area contributed by atoms with Crippen LogP contribution in [0.1, 0.15) is 29.0 Å². The average molecular weight is 299 g/mol. The molecule has 3 heterocycles. The van der Waals surface area contributed by atoms with E-state index in [9.17, 15) is 4.79 Å². The molecule has 0 aromatic carbocycles. The molecule has 3 rings (SSSR count). The number of aromatic nitrogens is 2. The molecule has 116 valence electrons. The Morgan fingerprint density at radius 2 is 2.27 bits per heavy atom. The minimum Gasteiger partial charge on any atom is -0.370 e. The zero-order valence-electron chi connectivity index (χ0n) is 12.8. The summed E-state index contributed by atoms with van der Waals surface area (Å²) in [7, 11) is 1.90. The fourth-order valence-corrected chi connectivity index (χ4v) is 2.79. The minimum atomic E-state index is 0.0821. The van der Waals surface area contributed by atoms with Gasteiger partial charge in [-0.15, -0.1) is 0 Å². The maximum Gasteiger partial charge on any atom is 0.270 e. The molecule has 0 bridgehead atoms. The fraction of sp³-hybridized carbons (Fsp3) is 0.412. The van der Waals surface area contributed by atoms with Crippen molar-refractivity contribution in [2.45, 2.75) is 25.6 Å². The standard InChI is InChI=1S/C17H21N3O2/c1-19-10-5-8-16(19)17(21)20-11-4-7-15(12-20)22-13-14-6-2-3-9-18-14/h2-3,5-6,8-10,15H,4,7,11-13H2,1H3. The zero-order valence-corrected chi connectivity index (χ0v) is 12.8. The van der Waals surface area contributed by atoms with Crippen molar-refractivity contribution in [1.82, 2.24) is 14.5 Å². The van der Waals surface area contributed by atoms with Crippen LogP contribution in [-0.2, 0) is 18.4 Å². The van der Waals surface area contributed by atoms with Crippen LogP contribution in [0.5, 0.6) is 0 Å². The highest BCUT2D eigenvalue weighted by atomic mass is 16.5. The largest absolute Gasteiger partial charge is 0.370 e. The van der Waals surface area contributed by atoms with Crippen LogP contribution in [0.25, 0.3) is 0 Å². The first kappa shape index (κ1) is 14.8. The number of likely N-dealkylation sites (tertiary alicyclic amines) is 1. The van der Waals surface area contributed by atoms with Gasteiger partial charge in [-0.1, -0.05) is 6.07 Å². The number of rotatable bonds is 4. The predicted molar refractivity (Wildman–Crippen MR) is 83.4 cm³/mol. The van der Waals surface area contributed by atoms with Crippen LogP contribution >= 0.6 is 0 Å². The van der Waals surface area contributed by atoms with Gasteiger partial charge in [0, 0.05) is 32.5 Å². The second-order valence-corrected chi connectivity index (χ2v) is 5.65. The second-order valence-electron chi connectivity index (χ2n) is 5.65. The molecule has 1 atom stereocenters. The molecule has 1 unspecified atom stereocenters. The third-order valence-electron chi connectivity index (χ3n) is 4.02. The summed E-state index contributed by atoms with van der Waals surface area (Å²) in [6.45, 7) is 1.95. The molecule has 0 radical (unpaired) electrons. The van der Waals surface area contributed by atoms with Gasteiger partial charge in [-0.25, -0.2) is 0 Å². The Morgan fingerprint density at radius 1 is 1.36 bits per heavy atom. The summed E-state index contributed by atoms with van der Waals surface area (Å²) in [6, 6.07) is 9.56. The van der Waals surface area contributed by atoms with Crippen molar-refractivity contribution < 1.29 is 9.53 Å². The Bertz CT molecular complexity index is 624. The molecular formula is C17H21N3O2. The summed E-state index contributed by atoms with van der Waals surface area (Å²) in [5.41, 5.74) is 1.65. The van der Waals surface area contributed by atoms with E-state index in [2.05, 4.69) is 4.98 Å². The lowest BCUT2D eigenvalue weighted by Gasteiger charge is -2.32. The molecule has 2 aromatic heterocycles. The lowest BCUT2D eigenvalue weighted by atomic mass is 10.1. The van der Waals surface area contributed by atoms with Crippen molar-refractivity contribution in [3.8, 4) is 0 Å². The molecule has 1 aliphatic heterocycles. The predicted octanol–water partition coefficient (Wildman–Crippen LogP) is 2.24. The number of nitrogens with zero attached hydrogens (tertiary/aromatic N) is 3. The number of ether oxygens (including phenoxy) is 1. The first-order chi connectivity index (χ1) is 10.7. The summed E-state index contributed by atoms with van der Waals surface area (Å²) in [6.07, 6.45) is 5.71.